The summed E-state index contributed by atoms with van der Waals surface area (Å²) in [4.78, 5) is 15.2. The Morgan fingerprint density at radius 3 is 1.41 bits per heavy atom. The summed E-state index contributed by atoms with van der Waals surface area (Å²) in [5.74, 6) is 1.93. The van der Waals surface area contributed by atoms with Crippen LogP contribution >= 0.6 is 11.3 Å². The SMILES string of the molecule is c1ccc(-c2ccc(-c3nc(-c4ccc(-c5ccc6c(c5)sc5ccccc56)cc4)nc(-c4ccccc4-c4ccccc4)n3)cc2)cc1. The van der Waals surface area contributed by atoms with Gasteiger partial charge >= 0.3 is 0 Å². The van der Waals surface area contributed by atoms with Gasteiger partial charge < -0.3 is 0 Å². The Labute approximate surface area is 288 Å². The van der Waals surface area contributed by atoms with Gasteiger partial charge in [-0.3, -0.25) is 0 Å². The number of nitrogens with zero attached hydrogens (tertiary/aromatic N) is 3. The molecule has 4 heteroatoms. The number of thiophene rings is 1. The summed E-state index contributed by atoms with van der Waals surface area (Å²) in [5.41, 5.74) is 9.72. The van der Waals surface area contributed by atoms with Crippen LogP contribution in [0.5, 0.6) is 0 Å². The van der Waals surface area contributed by atoms with E-state index in [1.54, 1.807) is 0 Å². The molecule has 3 nitrogen and oxygen atoms in total. The molecule has 0 aliphatic carbocycles. The molecule has 9 rings (SSSR count). The molecule has 0 radical (unpaired) electrons. The monoisotopic (exact) mass is 643 g/mol. The fourth-order valence-electron chi connectivity index (χ4n) is 6.46. The van der Waals surface area contributed by atoms with Crippen LogP contribution in [0.3, 0.4) is 0 Å². The van der Waals surface area contributed by atoms with Crippen LogP contribution in [0.2, 0.25) is 0 Å². The first-order valence-corrected chi connectivity index (χ1v) is 17.2. The molecule has 49 heavy (non-hydrogen) atoms. The molecule has 2 aromatic heterocycles. The van der Waals surface area contributed by atoms with Crippen LogP contribution in [0.1, 0.15) is 0 Å². The van der Waals surface area contributed by atoms with Crippen molar-refractivity contribution in [1.29, 1.82) is 0 Å². The number of benzene rings is 7. The molecule has 0 aliphatic rings. The van der Waals surface area contributed by atoms with Gasteiger partial charge in [-0.05, 0) is 45.5 Å². The molecule has 0 atom stereocenters. The van der Waals surface area contributed by atoms with Gasteiger partial charge in [-0.25, -0.2) is 15.0 Å². The van der Waals surface area contributed by atoms with Crippen molar-refractivity contribution in [2.45, 2.75) is 0 Å². The summed E-state index contributed by atoms with van der Waals surface area (Å²) in [6.45, 7) is 0. The lowest BCUT2D eigenvalue weighted by atomic mass is 9.99. The quantitative estimate of drug-likeness (QED) is 0.181. The molecule has 2 heterocycles. The van der Waals surface area contributed by atoms with E-state index in [1.165, 1.54) is 31.3 Å². The van der Waals surface area contributed by atoms with Crippen LogP contribution in [0, 0.1) is 0 Å². The van der Waals surface area contributed by atoms with Gasteiger partial charge in [-0.2, -0.15) is 0 Å². The average molecular weight is 644 g/mol. The molecule has 0 aliphatic heterocycles. The molecule has 230 valence electrons. The second-order valence-electron chi connectivity index (χ2n) is 12.0. The lowest BCUT2D eigenvalue weighted by Gasteiger charge is -2.12. The smallest absolute Gasteiger partial charge is 0.164 e. The predicted octanol–water partition coefficient (Wildman–Crippen LogP) is 12.2. The third-order valence-corrected chi connectivity index (χ3v) is 10.1. The van der Waals surface area contributed by atoms with Gasteiger partial charge in [0.1, 0.15) is 0 Å². The zero-order valence-electron chi connectivity index (χ0n) is 26.5. The summed E-state index contributed by atoms with van der Waals surface area (Å²) in [6.07, 6.45) is 0. The maximum absolute atomic E-state index is 5.10. The van der Waals surface area contributed by atoms with Crippen molar-refractivity contribution in [3.63, 3.8) is 0 Å². The molecular formula is C45H29N3S. The van der Waals surface area contributed by atoms with Gasteiger partial charge in [0.25, 0.3) is 0 Å². The Morgan fingerprint density at radius 2 is 0.735 bits per heavy atom. The zero-order valence-corrected chi connectivity index (χ0v) is 27.3. The van der Waals surface area contributed by atoms with E-state index in [2.05, 4.69) is 158 Å². The minimum absolute atomic E-state index is 0.640. The Morgan fingerprint density at radius 1 is 0.286 bits per heavy atom. The van der Waals surface area contributed by atoms with E-state index in [0.29, 0.717) is 17.5 Å². The summed E-state index contributed by atoms with van der Waals surface area (Å²) in [6, 6.07) is 61.6. The number of rotatable bonds is 6. The molecule has 0 fully saturated rings. The van der Waals surface area contributed by atoms with Gasteiger partial charge in [0.15, 0.2) is 17.5 Å². The number of fused-ring (bicyclic) bond motifs is 3. The van der Waals surface area contributed by atoms with Crippen molar-refractivity contribution in [2.24, 2.45) is 0 Å². The molecule has 0 N–H and O–H groups in total. The Balaban J connectivity index is 1.13. The molecule has 0 saturated heterocycles. The summed E-state index contributed by atoms with van der Waals surface area (Å²) < 4.78 is 2.61. The highest BCUT2D eigenvalue weighted by Crippen LogP contribution is 2.37. The van der Waals surface area contributed by atoms with Gasteiger partial charge in [-0.1, -0.05) is 164 Å². The van der Waals surface area contributed by atoms with Crippen LogP contribution < -0.4 is 0 Å². The number of hydrogen-bond donors (Lipinski definition) is 0. The summed E-state index contributed by atoms with van der Waals surface area (Å²) in [5, 5.41) is 2.62. The lowest BCUT2D eigenvalue weighted by molar-refractivity contribution is 1.07. The van der Waals surface area contributed by atoms with E-state index < -0.39 is 0 Å². The molecule has 9 aromatic rings. The first-order valence-electron chi connectivity index (χ1n) is 16.4. The van der Waals surface area contributed by atoms with Crippen molar-refractivity contribution >= 4 is 31.5 Å². The number of aromatic nitrogens is 3. The van der Waals surface area contributed by atoms with Crippen LogP contribution in [0.4, 0.5) is 0 Å². The molecule has 0 saturated carbocycles. The fraction of sp³-hybridized carbons (Fsp3) is 0. The highest BCUT2D eigenvalue weighted by molar-refractivity contribution is 7.25. The summed E-state index contributed by atoms with van der Waals surface area (Å²) in [7, 11) is 0. The predicted molar refractivity (Wildman–Crippen MR) is 205 cm³/mol. The molecule has 0 unspecified atom stereocenters. The van der Waals surface area contributed by atoms with E-state index in [0.717, 1.165) is 38.9 Å². The molecule has 7 aromatic carbocycles. The van der Waals surface area contributed by atoms with Gasteiger partial charge in [0, 0.05) is 36.9 Å². The molecule has 0 bridgehead atoms. The van der Waals surface area contributed by atoms with Gasteiger partial charge in [0.2, 0.25) is 0 Å². The molecular weight excluding hydrogens is 615 g/mol. The normalized spacial score (nSPS) is 11.3. The van der Waals surface area contributed by atoms with E-state index in [-0.39, 0.29) is 0 Å². The van der Waals surface area contributed by atoms with Crippen molar-refractivity contribution in [3.8, 4) is 67.5 Å². The largest absolute Gasteiger partial charge is 0.208 e. The second kappa shape index (κ2) is 12.4. The van der Waals surface area contributed by atoms with E-state index in [4.69, 9.17) is 15.0 Å². The van der Waals surface area contributed by atoms with Crippen LogP contribution in [0.25, 0.3) is 87.7 Å². The standard InChI is InChI=1S/C45H29N3S/c1-3-11-30(12-4-1)31-19-23-34(24-20-31)43-46-44(48-45(47-43)40-17-8-7-15-37(40)33-13-5-2-6-14-33)35-25-21-32(22-26-35)36-27-28-39-38-16-9-10-18-41(38)49-42(39)29-36/h1-29H. The van der Waals surface area contributed by atoms with Gasteiger partial charge in [0.05, 0.1) is 0 Å². The second-order valence-corrected chi connectivity index (χ2v) is 13.1. The highest BCUT2D eigenvalue weighted by atomic mass is 32.1. The Hall–Kier alpha value is -6.23. The van der Waals surface area contributed by atoms with Crippen molar-refractivity contribution in [3.05, 3.63) is 176 Å². The van der Waals surface area contributed by atoms with E-state index in [1.807, 2.05) is 29.5 Å². The highest BCUT2D eigenvalue weighted by Gasteiger charge is 2.16. The first-order chi connectivity index (χ1) is 24.3. The van der Waals surface area contributed by atoms with Gasteiger partial charge in [-0.15, -0.1) is 11.3 Å². The third kappa shape index (κ3) is 5.58. The third-order valence-electron chi connectivity index (χ3n) is 8.99. The maximum atomic E-state index is 5.10. The Kier molecular flexibility index (Phi) is 7.34. The Bertz CT molecular complexity index is 2570. The van der Waals surface area contributed by atoms with Crippen LogP contribution in [0.15, 0.2) is 176 Å². The minimum atomic E-state index is 0.640. The fourth-order valence-corrected chi connectivity index (χ4v) is 7.61. The van der Waals surface area contributed by atoms with Crippen LogP contribution in [-0.2, 0) is 0 Å². The molecule has 0 amide bonds. The average Bonchev–Trinajstić information content (AvgIpc) is 3.56. The van der Waals surface area contributed by atoms with E-state index in [9.17, 15) is 0 Å². The van der Waals surface area contributed by atoms with E-state index >= 15 is 0 Å². The van der Waals surface area contributed by atoms with Crippen LogP contribution in [-0.4, -0.2) is 15.0 Å². The lowest BCUT2D eigenvalue weighted by Crippen LogP contribution is -2.01. The van der Waals surface area contributed by atoms with Crippen molar-refractivity contribution in [1.82, 2.24) is 15.0 Å². The van der Waals surface area contributed by atoms with Crippen molar-refractivity contribution < 1.29 is 0 Å². The minimum Gasteiger partial charge on any atom is -0.208 e. The first kappa shape index (κ1) is 29.0. The topological polar surface area (TPSA) is 38.7 Å². The zero-order chi connectivity index (χ0) is 32.6. The summed E-state index contributed by atoms with van der Waals surface area (Å²) >= 11 is 1.84. The maximum Gasteiger partial charge on any atom is 0.164 e. The van der Waals surface area contributed by atoms with Crippen molar-refractivity contribution in [2.75, 3.05) is 0 Å². The molecule has 0 spiro atoms. The number of hydrogen-bond acceptors (Lipinski definition) is 4.